The molecular formula is C7H10N2O2S. The number of carbonyl (C=O) groups is 2. The Labute approximate surface area is 76.1 Å². The van der Waals surface area contributed by atoms with E-state index in [1.165, 1.54) is 11.9 Å². The molecule has 3 amide bonds. The van der Waals surface area contributed by atoms with Crippen LogP contribution in [-0.2, 0) is 4.79 Å². The molecule has 1 unspecified atom stereocenters. The van der Waals surface area contributed by atoms with E-state index in [0.717, 1.165) is 4.90 Å². The van der Waals surface area contributed by atoms with Gasteiger partial charge in [0.15, 0.2) is 0 Å². The van der Waals surface area contributed by atoms with Gasteiger partial charge in [0.25, 0.3) is 0 Å². The van der Waals surface area contributed by atoms with Crippen LogP contribution in [0.3, 0.4) is 0 Å². The first-order valence-electron chi connectivity index (χ1n) is 3.56. The number of imide groups is 1. The number of nitrogens with zero attached hydrogens (tertiary/aromatic N) is 2. The first kappa shape index (κ1) is 9.12. The van der Waals surface area contributed by atoms with Gasteiger partial charge in [-0.25, -0.2) is 4.79 Å². The van der Waals surface area contributed by atoms with Gasteiger partial charge in [-0.1, -0.05) is 12.2 Å². The van der Waals surface area contributed by atoms with Crippen LogP contribution >= 0.6 is 12.2 Å². The normalized spacial score (nSPS) is 25.2. The van der Waals surface area contributed by atoms with E-state index in [9.17, 15) is 9.59 Å². The molecule has 0 N–H and O–H groups in total. The maximum atomic E-state index is 11.3. The van der Waals surface area contributed by atoms with Gasteiger partial charge in [0.05, 0.1) is 10.9 Å². The van der Waals surface area contributed by atoms with Crippen molar-refractivity contribution < 1.29 is 9.59 Å². The Hall–Kier alpha value is -0.970. The zero-order valence-corrected chi connectivity index (χ0v) is 8.01. The topological polar surface area (TPSA) is 40.6 Å². The fraction of sp³-hybridized carbons (Fsp3) is 0.571. The number of urea groups is 1. The summed E-state index contributed by atoms with van der Waals surface area (Å²) in [7, 11) is 3.03. The first-order chi connectivity index (χ1) is 5.46. The molecule has 0 bridgehead atoms. The number of rotatable bonds is 0. The van der Waals surface area contributed by atoms with Crippen LogP contribution in [0.2, 0.25) is 0 Å². The van der Waals surface area contributed by atoms with Gasteiger partial charge in [0.1, 0.15) is 0 Å². The highest BCUT2D eigenvalue weighted by atomic mass is 32.1. The van der Waals surface area contributed by atoms with Crippen molar-refractivity contribution in [2.45, 2.75) is 6.92 Å². The molecule has 1 saturated heterocycles. The molecule has 1 atom stereocenters. The summed E-state index contributed by atoms with van der Waals surface area (Å²) in [6.45, 7) is 1.70. The van der Waals surface area contributed by atoms with E-state index in [-0.39, 0.29) is 17.9 Å². The average molecular weight is 186 g/mol. The molecule has 1 aliphatic heterocycles. The minimum atomic E-state index is -0.368. The van der Waals surface area contributed by atoms with Gasteiger partial charge in [-0.2, -0.15) is 0 Å². The summed E-state index contributed by atoms with van der Waals surface area (Å²) in [5.74, 6) is -0.601. The maximum Gasteiger partial charge on any atom is 0.331 e. The Kier molecular flexibility index (Phi) is 2.14. The second kappa shape index (κ2) is 2.82. The summed E-state index contributed by atoms with van der Waals surface area (Å²) in [5.41, 5.74) is 0. The van der Waals surface area contributed by atoms with Crippen LogP contribution in [0.15, 0.2) is 0 Å². The van der Waals surface area contributed by atoms with Crippen molar-refractivity contribution in [2.75, 3.05) is 14.1 Å². The molecule has 0 spiro atoms. The lowest BCUT2D eigenvalue weighted by atomic mass is 10.1. The lowest BCUT2D eigenvalue weighted by molar-refractivity contribution is -0.130. The molecule has 5 heteroatoms. The van der Waals surface area contributed by atoms with E-state index in [1.807, 2.05) is 0 Å². The van der Waals surface area contributed by atoms with Crippen LogP contribution in [-0.4, -0.2) is 40.8 Å². The molecule has 66 valence electrons. The van der Waals surface area contributed by atoms with E-state index >= 15 is 0 Å². The zero-order valence-electron chi connectivity index (χ0n) is 7.20. The third kappa shape index (κ3) is 1.10. The maximum absolute atomic E-state index is 11.3. The zero-order chi connectivity index (χ0) is 9.46. The predicted molar refractivity (Wildman–Crippen MR) is 47.7 cm³/mol. The third-order valence-electron chi connectivity index (χ3n) is 1.98. The number of thiocarbonyl (C=S) groups is 1. The first-order valence-corrected chi connectivity index (χ1v) is 3.96. The van der Waals surface area contributed by atoms with Crippen molar-refractivity contribution in [1.29, 1.82) is 0 Å². The largest absolute Gasteiger partial charge is 0.331 e. The minimum absolute atomic E-state index is 0.233. The molecule has 1 aliphatic rings. The molecule has 1 heterocycles. The molecule has 12 heavy (non-hydrogen) atoms. The van der Waals surface area contributed by atoms with E-state index in [4.69, 9.17) is 12.2 Å². The van der Waals surface area contributed by atoms with Crippen LogP contribution in [0.25, 0.3) is 0 Å². The van der Waals surface area contributed by atoms with Crippen molar-refractivity contribution in [1.82, 2.24) is 9.80 Å². The van der Waals surface area contributed by atoms with Gasteiger partial charge in [-0.05, 0) is 6.92 Å². The molecule has 0 aliphatic carbocycles. The molecule has 1 rings (SSSR count). The Morgan fingerprint density at radius 3 is 2.25 bits per heavy atom. The van der Waals surface area contributed by atoms with Gasteiger partial charge < -0.3 is 0 Å². The van der Waals surface area contributed by atoms with Gasteiger partial charge in [0, 0.05) is 14.1 Å². The molecule has 0 aromatic heterocycles. The lowest BCUT2D eigenvalue weighted by Crippen LogP contribution is -2.55. The van der Waals surface area contributed by atoms with Crippen molar-refractivity contribution in [3.05, 3.63) is 0 Å². The molecule has 0 saturated carbocycles. The van der Waals surface area contributed by atoms with Gasteiger partial charge in [-0.3, -0.25) is 14.6 Å². The molecular weight excluding hydrogens is 176 g/mol. The minimum Gasteiger partial charge on any atom is -0.290 e. The standard InChI is InChI=1S/C7H10N2O2S/c1-4-5(10)8(2)7(11)9(3)6(4)12/h4H,1-3H3. The SMILES string of the molecule is CC1C(=O)N(C)C(=O)N(C)C1=S. The fourth-order valence-corrected chi connectivity index (χ4v) is 1.28. The van der Waals surface area contributed by atoms with Gasteiger partial charge in [-0.15, -0.1) is 0 Å². The molecule has 4 nitrogen and oxygen atoms in total. The summed E-state index contributed by atoms with van der Waals surface area (Å²) in [6.07, 6.45) is 0. The van der Waals surface area contributed by atoms with Crippen molar-refractivity contribution in [3.63, 3.8) is 0 Å². The predicted octanol–water partition coefficient (Wildman–Crippen LogP) is 0.474. The average Bonchev–Trinajstić information content (AvgIpc) is 2.08. The monoisotopic (exact) mass is 186 g/mol. The van der Waals surface area contributed by atoms with Crippen LogP contribution < -0.4 is 0 Å². The lowest BCUT2D eigenvalue weighted by Gasteiger charge is -2.33. The van der Waals surface area contributed by atoms with Crippen LogP contribution in [0, 0.1) is 5.92 Å². The van der Waals surface area contributed by atoms with Crippen molar-refractivity contribution in [3.8, 4) is 0 Å². The molecule has 1 fully saturated rings. The van der Waals surface area contributed by atoms with E-state index in [0.29, 0.717) is 4.99 Å². The summed E-state index contributed by atoms with van der Waals surface area (Å²) >= 11 is 4.92. The number of hydrogen-bond acceptors (Lipinski definition) is 3. The Balaban J connectivity index is 2.99. The second-order valence-electron chi connectivity index (χ2n) is 2.80. The van der Waals surface area contributed by atoms with Crippen molar-refractivity contribution in [2.24, 2.45) is 5.92 Å². The van der Waals surface area contributed by atoms with Gasteiger partial charge >= 0.3 is 6.03 Å². The van der Waals surface area contributed by atoms with Crippen LogP contribution in [0.1, 0.15) is 6.92 Å². The third-order valence-corrected chi connectivity index (χ3v) is 2.60. The molecule has 0 radical (unpaired) electrons. The van der Waals surface area contributed by atoms with E-state index < -0.39 is 0 Å². The quantitative estimate of drug-likeness (QED) is 0.516. The Morgan fingerprint density at radius 1 is 1.25 bits per heavy atom. The number of hydrogen-bond donors (Lipinski definition) is 0. The summed E-state index contributed by atoms with van der Waals surface area (Å²) in [4.78, 5) is 25.3. The Morgan fingerprint density at radius 2 is 1.75 bits per heavy atom. The highest BCUT2D eigenvalue weighted by Gasteiger charge is 2.36. The smallest absolute Gasteiger partial charge is 0.290 e. The fourth-order valence-electron chi connectivity index (χ4n) is 1.10. The van der Waals surface area contributed by atoms with E-state index in [1.54, 1.807) is 14.0 Å². The summed E-state index contributed by atoms with van der Waals surface area (Å²) in [6, 6.07) is -0.358. The van der Waals surface area contributed by atoms with Crippen LogP contribution in [0.5, 0.6) is 0 Å². The summed E-state index contributed by atoms with van der Waals surface area (Å²) < 4.78 is 0. The van der Waals surface area contributed by atoms with Crippen LogP contribution in [0.4, 0.5) is 4.79 Å². The van der Waals surface area contributed by atoms with E-state index in [2.05, 4.69) is 0 Å². The highest BCUT2D eigenvalue weighted by molar-refractivity contribution is 7.80. The van der Waals surface area contributed by atoms with Gasteiger partial charge in [0.2, 0.25) is 5.91 Å². The Bertz CT molecular complexity index is 203. The highest BCUT2D eigenvalue weighted by Crippen LogP contribution is 2.15. The number of carbonyl (C=O) groups excluding carboxylic acids is 2. The second-order valence-corrected chi connectivity index (χ2v) is 3.22. The number of amides is 3. The molecule has 0 aromatic rings. The van der Waals surface area contributed by atoms with Crippen molar-refractivity contribution >= 4 is 29.1 Å². The summed E-state index contributed by atoms with van der Waals surface area (Å²) in [5, 5.41) is 0. The molecule has 0 aromatic carbocycles.